The van der Waals surface area contributed by atoms with Gasteiger partial charge in [0.25, 0.3) is 0 Å². The number of hydrogen-bond acceptors (Lipinski definition) is 2. The Bertz CT molecular complexity index is 225. The van der Waals surface area contributed by atoms with Crippen LogP contribution in [0.3, 0.4) is 0 Å². The predicted molar refractivity (Wildman–Crippen MR) is 66.0 cm³/mol. The summed E-state index contributed by atoms with van der Waals surface area (Å²) in [6.45, 7) is 1.97. The van der Waals surface area contributed by atoms with Crippen LogP contribution in [-0.2, 0) is 9.59 Å². The molecule has 0 aliphatic rings. The van der Waals surface area contributed by atoms with Gasteiger partial charge in [-0.1, -0.05) is 45.4 Å². The Morgan fingerprint density at radius 1 is 0.882 bits per heavy atom. The quantitative estimate of drug-likeness (QED) is 0.547. The van der Waals surface area contributed by atoms with Crippen LogP contribution in [0.2, 0.25) is 0 Å². The predicted octanol–water partition coefficient (Wildman–Crippen LogP) is 3.30. The van der Waals surface area contributed by atoms with Gasteiger partial charge in [-0.25, -0.2) is 0 Å². The minimum atomic E-state index is -0.717. The number of carboxylic acids is 2. The van der Waals surface area contributed by atoms with Crippen molar-refractivity contribution >= 4 is 11.9 Å². The summed E-state index contributed by atoms with van der Waals surface area (Å²) in [6.07, 6.45) is 7.67. The third-order valence-corrected chi connectivity index (χ3v) is 2.86. The van der Waals surface area contributed by atoms with Gasteiger partial charge in [0.2, 0.25) is 0 Å². The van der Waals surface area contributed by atoms with Crippen LogP contribution in [0.5, 0.6) is 0 Å². The molecule has 0 spiro atoms. The zero-order chi connectivity index (χ0) is 13.1. The molecule has 0 aliphatic heterocycles. The van der Waals surface area contributed by atoms with E-state index in [0.717, 1.165) is 44.9 Å². The maximum absolute atomic E-state index is 10.4. The molecular formula is C13H24O4. The van der Waals surface area contributed by atoms with Gasteiger partial charge in [0.15, 0.2) is 0 Å². The molecule has 0 fully saturated rings. The van der Waals surface area contributed by atoms with Gasteiger partial charge in [0.1, 0.15) is 0 Å². The Labute approximate surface area is 103 Å². The van der Waals surface area contributed by atoms with Crippen LogP contribution in [0, 0.1) is 5.92 Å². The van der Waals surface area contributed by atoms with E-state index >= 15 is 0 Å². The van der Waals surface area contributed by atoms with E-state index in [4.69, 9.17) is 10.2 Å². The summed E-state index contributed by atoms with van der Waals surface area (Å²) < 4.78 is 0. The lowest BCUT2D eigenvalue weighted by Crippen LogP contribution is -2.03. The molecule has 0 bridgehead atoms. The average molecular weight is 244 g/mol. The largest absolute Gasteiger partial charge is 0.481 e. The fraction of sp³-hybridized carbons (Fsp3) is 0.846. The minimum absolute atomic E-state index is 0.263. The number of unbranched alkanes of at least 4 members (excludes halogenated alkanes) is 5. The van der Waals surface area contributed by atoms with Crippen LogP contribution in [-0.4, -0.2) is 22.2 Å². The first-order valence-electron chi connectivity index (χ1n) is 6.46. The van der Waals surface area contributed by atoms with E-state index in [1.807, 2.05) is 6.92 Å². The van der Waals surface area contributed by atoms with Crippen molar-refractivity contribution in [1.29, 1.82) is 0 Å². The summed E-state index contributed by atoms with van der Waals surface area (Å²) in [5.41, 5.74) is 0. The Kier molecular flexibility index (Phi) is 9.49. The second-order valence-corrected chi connectivity index (χ2v) is 4.76. The highest BCUT2D eigenvalue weighted by Gasteiger charge is 2.06. The number of carboxylic acid groups (broad SMARTS) is 2. The molecule has 17 heavy (non-hydrogen) atoms. The monoisotopic (exact) mass is 244 g/mol. The van der Waals surface area contributed by atoms with E-state index in [0.29, 0.717) is 0 Å². The van der Waals surface area contributed by atoms with Crippen LogP contribution >= 0.6 is 0 Å². The van der Waals surface area contributed by atoms with Crippen molar-refractivity contribution in [2.45, 2.75) is 64.7 Å². The van der Waals surface area contributed by atoms with Crippen molar-refractivity contribution in [3.8, 4) is 0 Å². The van der Waals surface area contributed by atoms with Crippen molar-refractivity contribution in [2.75, 3.05) is 0 Å². The van der Waals surface area contributed by atoms with Crippen molar-refractivity contribution in [1.82, 2.24) is 0 Å². The van der Waals surface area contributed by atoms with Crippen molar-refractivity contribution in [3.05, 3.63) is 0 Å². The van der Waals surface area contributed by atoms with Crippen molar-refractivity contribution in [2.24, 2.45) is 5.92 Å². The van der Waals surface area contributed by atoms with Gasteiger partial charge in [-0.2, -0.15) is 0 Å². The highest BCUT2D eigenvalue weighted by Crippen LogP contribution is 2.14. The van der Waals surface area contributed by atoms with Crippen molar-refractivity contribution in [3.63, 3.8) is 0 Å². The second-order valence-electron chi connectivity index (χ2n) is 4.76. The summed E-state index contributed by atoms with van der Waals surface area (Å²) in [4.78, 5) is 20.7. The van der Waals surface area contributed by atoms with Gasteiger partial charge in [0.05, 0.1) is 0 Å². The van der Waals surface area contributed by atoms with E-state index in [-0.39, 0.29) is 18.8 Å². The van der Waals surface area contributed by atoms with Gasteiger partial charge >= 0.3 is 11.9 Å². The summed E-state index contributed by atoms with van der Waals surface area (Å²) in [7, 11) is 0. The Hall–Kier alpha value is -1.06. The van der Waals surface area contributed by atoms with Gasteiger partial charge < -0.3 is 10.2 Å². The zero-order valence-corrected chi connectivity index (χ0v) is 10.7. The normalized spacial score (nSPS) is 12.3. The first-order valence-corrected chi connectivity index (χ1v) is 6.46. The molecule has 0 heterocycles. The molecular weight excluding hydrogens is 220 g/mol. The number of aliphatic carboxylic acids is 2. The Morgan fingerprint density at radius 3 is 1.94 bits per heavy atom. The van der Waals surface area contributed by atoms with Crippen LogP contribution in [0.4, 0.5) is 0 Å². The van der Waals surface area contributed by atoms with E-state index < -0.39 is 11.9 Å². The third kappa shape index (κ3) is 12.9. The Balaban J connectivity index is 3.18. The van der Waals surface area contributed by atoms with Crippen molar-refractivity contribution < 1.29 is 19.8 Å². The maximum atomic E-state index is 10.4. The summed E-state index contributed by atoms with van der Waals surface area (Å²) in [5.74, 6) is -1.17. The summed E-state index contributed by atoms with van der Waals surface area (Å²) >= 11 is 0. The highest BCUT2D eigenvalue weighted by atomic mass is 16.4. The molecule has 1 atom stereocenters. The SMILES string of the molecule is C[C@H](CCCCCCCCC(=O)O)CC(=O)O. The van der Waals surface area contributed by atoms with Crippen LogP contribution in [0.15, 0.2) is 0 Å². The Morgan fingerprint density at radius 2 is 1.41 bits per heavy atom. The molecule has 0 saturated heterocycles. The molecule has 0 aromatic heterocycles. The molecule has 4 nitrogen and oxygen atoms in total. The molecule has 0 rings (SSSR count). The van der Waals surface area contributed by atoms with Crippen LogP contribution in [0.1, 0.15) is 64.7 Å². The molecule has 4 heteroatoms. The maximum Gasteiger partial charge on any atom is 0.303 e. The van der Waals surface area contributed by atoms with Gasteiger partial charge in [0, 0.05) is 12.8 Å². The molecule has 0 unspecified atom stereocenters. The molecule has 0 aromatic carbocycles. The number of hydrogen-bond donors (Lipinski definition) is 2. The van der Waals surface area contributed by atoms with E-state index in [2.05, 4.69) is 0 Å². The zero-order valence-electron chi connectivity index (χ0n) is 10.7. The minimum Gasteiger partial charge on any atom is -0.481 e. The van der Waals surface area contributed by atoms with E-state index in [1.54, 1.807) is 0 Å². The van der Waals surface area contributed by atoms with Crippen LogP contribution in [0.25, 0.3) is 0 Å². The molecule has 0 saturated carbocycles. The molecule has 2 N–H and O–H groups in total. The molecule has 0 amide bonds. The van der Waals surface area contributed by atoms with Gasteiger partial charge in [-0.3, -0.25) is 9.59 Å². The smallest absolute Gasteiger partial charge is 0.303 e. The standard InChI is InChI=1S/C13H24O4/c1-11(10-13(16)17)8-6-4-2-3-5-7-9-12(14)15/h11H,2-10H2,1H3,(H,14,15)(H,16,17)/t11-/m1/s1. The molecule has 0 aliphatic carbocycles. The molecule has 0 aromatic rings. The topological polar surface area (TPSA) is 74.6 Å². The number of carbonyl (C=O) groups is 2. The van der Waals surface area contributed by atoms with Gasteiger partial charge in [-0.05, 0) is 12.3 Å². The molecule has 100 valence electrons. The third-order valence-electron chi connectivity index (χ3n) is 2.86. The second kappa shape index (κ2) is 10.1. The summed E-state index contributed by atoms with van der Waals surface area (Å²) in [6, 6.07) is 0. The highest BCUT2D eigenvalue weighted by molar-refractivity contribution is 5.67. The fourth-order valence-electron chi connectivity index (χ4n) is 1.88. The van der Waals surface area contributed by atoms with E-state index in [9.17, 15) is 9.59 Å². The van der Waals surface area contributed by atoms with E-state index in [1.165, 1.54) is 0 Å². The first kappa shape index (κ1) is 15.9. The lowest BCUT2D eigenvalue weighted by Gasteiger charge is -2.07. The first-order chi connectivity index (χ1) is 8.02. The molecule has 0 radical (unpaired) electrons. The lowest BCUT2D eigenvalue weighted by molar-refractivity contribution is -0.138. The van der Waals surface area contributed by atoms with Crippen LogP contribution < -0.4 is 0 Å². The fourth-order valence-corrected chi connectivity index (χ4v) is 1.88. The van der Waals surface area contributed by atoms with Gasteiger partial charge in [-0.15, -0.1) is 0 Å². The summed E-state index contributed by atoms with van der Waals surface area (Å²) in [5, 5.41) is 17.0. The number of rotatable bonds is 11. The average Bonchev–Trinajstić information content (AvgIpc) is 2.20. The lowest BCUT2D eigenvalue weighted by atomic mass is 9.99.